The lowest BCUT2D eigenvalue weighted by atomic mass is 9.53. The van der Waals surface area contributed by atoms with Crippen molar-refractivity contribution in [3.8, 4) is 0 Å². The van der Waals surface area contributed by atoms with Crippen molar-refractivity contribution >= 4 is 5.91 Å². The van der Waals surface area contributed by atoms with Gasteiger partial charge in [0, 0.05) is 37.0 Å². The molecular weight excluding hydrogens is 338 g/mol. The van der Waals surface area contributed by atoms with Crippen LogP contribution in [-0.4, -0.2) is 65.2 Å². The second-order valence-electron chi connectivity index (χ2n) is 9.68. The zero-order valence-electron chi connectivity index (χ0n) is 16.4. The number of hydrogen-bond acceptors (Lipinski definition) is 4. The second kappa shape index (κ2) is 6.43. The summed E-state index contributed by atoms with van der Waals surface area (Å²) in [5, 5.41) is 10.3. The number of nitrogens with zero attached hydrogens (tertiary/aromatic N) is 2. The lowest BCUT2D eigenvalue weighted by molar-refractivity contribution is -0.140. The number of aliphatic hydroxyl groups is 1. The number of nitrogens with two attached hydrogens (primary N) is 1. The highest BCUT2D eigenvalue weighted by molar-refractivity contribution is 5.81. The maximum atomic E-state index is 12.6. The molecule has 2 bridgehead atoms. The molecule has 5 aliphatic rings. The highest BCUT2D eigenvalue weighted by atomic mass is 16.3. The summed E-state index contributed by atoms with van der Waals surface area (Å²) in [5.41, 5.74) is 9.09. The molecule has 0 spiro atoms. The maximum Gasteiger partial charge on any atom is 0.239 e. The monoisotopic (exact) mass is 371 g/mol. The van der Waals surface area contributed by atoms with Crippen molar-refractivity contribution in [2.45, 2.75) is 63.6 Å². The van der Waals surface area contributed by atoms with Crippen LogP contribution in [0.4, 0.5) is 0 Å². The summed E-state index contributed by atoms with van der Waals surface area (Å²) in [4.78, 5) is 17.4. The van der Waals surface area contributed by atoms with Crippen molar-refractivity contribution in [2.75, 3.05) is 26.2 Å². The summed E-state index contributed by atoms with van der Waals surface area (Å²) in [6, 6.07) is 0.112. The van der Waals surface area contributed by atoms with Crippen LogP contribution in [-0.2, 0) is 4.79 Å². The highest BCUT2D eigenvalue weighted by Gasteiger charge is 2.57. The van der Waals surface area contributed by atoms with E-state index in [0.717, 1.165) is 38.3 Å². The summed E-state index contributed by atoms with van der Waals surface area (Å²) in [7, 11) is 0. The van der Waals surface area contributed by atoms with Crippen LogP contribution in [0.15, 0.2) is 23.3 Å². The molecule has 5 atom stereocenters. The van der Waals surface area contributed by atoms with Crippen molar-refractivity contribution in [1.82, 2.24) is 9.80 Å². The van der Waals surface area contributed by atoms with Gasteiger partial charge in [-0.25, -0.2) is 0 Å². The number of hydrogen-bond donors (Lipinski definition) is 2. The summed E-state index contributed by atoms with van der Waals surface area (Å²) < 4.78 is 0. The third-order valence-corrected chi connectivity index (χ3v) is 7.97. The zero-order chi connectivity index (χ0) is 18.8. The van der Waals surface area contributed by atoms with E-state index in [1.807, 2.05) is 11.0 Å². The molecule has 3 fully saturated rings. The summed E-state index contributed by atoms with van der Waals surface area (Å²) in [6.45, 7) is 5.85. The van der Waals surface area contributed by atoms with Crippen LogP contribution in [0, 0.1) is 17.3 Å². The molecule has 0 aromatic carbocycles. The van der Waals surface area contributed by atoms with Crippen molar-refractivity contribution in [2.24, 2.45) is 23.0 Å². The van der Waals surface area contributed by atoms with E-state index < -0.39 is 6.04 Å². The topological polar surface area (TPSA) is 69.8 Å². The Morgan fingerprint density at radius 3 is 2.85 bits per heavy atom. The van der Waals surface area contributed by atoms with Crippen molar-refractivity contribution in [1.29, 1.82) is 0 Å². The molecular formula is C22H33N3O2. The fourth-order valence-corrected chi connectivity index (χ4v) is 6.41. The van der Waals surface area contributed by atoms with Crippen molar-refractivity contribution < 1.29 is 9.90 Å². The van der Waals surface area contributed by atoms with Gasteiger partial charge in [-0.15, -0.1) is 0 Å². The van der Waals surface area contributed by atoms with Gasteiger partial charge in [-0.3, -0.25) is 9.69 Å². The van der Waals surface area contributed by atoms with Gasteiger partial charge < -0.3 is 15.7 Å². The molecule has 3 N–H and O–H groups in total. The number of aliphatic hydroxyl groups excluding tert-OH is 1. The first-order valence-corrected chi connectivity index (χ1v) is 10.8. The first-order chi connectivity index (χ1) is 13.0. The van der Waals surface area contributed by atoms with E-state index in [0.29, 0.717) is 12.0 Å². The van der Waals surface area contributed by atoms with E-state index in [9.17, 15) is 9.90 Å². The molecule has 0 aromatic rings. The average molecular weight is 372 g/mol. The lowest BCUT2D eigenvalue weighted by Gasteiger charge is -2.61. The molecule has 1 saturated carbocycles. The number of carbonyl (C=O) groups is 1. The van der Waals surface area contributed by atoms with E-state index in [2.05, 4.69) is 11.0 Å². The third-order valence-electron chi connectivity index (χ3n) is 7.97. The highest BCUT2D eigenvalue weighted by Crippen LogP contribution is 2.58. The van der Waals surface area contributed by atoms with Gasteiger partial charge in [-0.1, -0.05) is 17.7 Å². The molecule has 2 aliphatic heterocycles. The number of amides is 1. The van der Waals surface area contributed by atoms with Crippen LogP contribution in [0.3, 0.4) is 0 Å². The summed E-state index contributed by atoms with van der Waals surface area (Å²) in [6.07, 6.45) is 10.7. The first-order valence-electron chi connectivity index (χ1n) is 10.8. The Kier molecular flexibility index (Phi) is 4.26. The standard InChI is InChI=1S/C22H33N3O2/c1-14(23)21(27)25-9-7-22-6-8-24(12-15-2-3-15)20(19(22)13-25)10-16-4-5-17(26)11-18(16)22/h4-5,14-15,17,19-20,26H,2-3,6-13,23H2,1H3/t14-,17?,19-,20+,22+/m0/s1. The molecule has 2 heterocycles. The molecule has 5 nitrogen and oxygen atoms in total. The molecule has 0 aromatic heterocycles. The quantitative estimate of drug-likeness (QED) is 0.792. The Hall–Kier alpha value is -1.17. The predicted octanol–water partition coefficient (Wildman–Crippen LogP) is 1.67. The van der Waals surface area contributed by atoms with Crippen molar-refractivity contribution in [3.05, 3.63) is 23.3 Å². The molecule has 27 heavy (non-hydrogen) atoms. The number of allylic oxidation sites excluding steroid dienone is 1. The van der Waals surface area contributed by atoms with Crippen molar-refractivity contribution in [3.63, 3.8) is 0 Å². The largest absolute Gasteiger partial charge is 0.389 e. The molecule has 1 unspecified atom stereocenters. The summed E-state index contributed by atoms with van der Waals surface area (Å²) >= 11 is 0. The molecule has 3 aliphatic carbocycles. The van der Waals surface area contributed by atoms with Gasteiger partial charge in [-0.2, -0.15) is 0 Å². The van der Waals surface area contributed by atoms with Gasteiger partial charge in [0.05, 0.1) is 12.1 Å². The second-order valence-corrected chi connectivity index (χ2v) is 9.68. The Labute approximate surface area is 162 Å². The zero-order valence-corrected chi connectivity index (χ0v) is 16.4. The third kappa shape index (κ3) is 2.90. The number of likely N-dealkylation sites (tertiary alicyclic amines) is 2. The number of piperidine rings is 2. The predicted molar refractivity (Wildman–Crippen MR) is 105 cm³/mol. The smallest absolute Gasteiger partial charge is 0.239 e. The Morgan fingerprint density at radius 1 is 1.33 bits per heavy atom. The Balaban J connectivity index is 1.49. The van der Waals surface area contributed by atoms with Crippen LogP contribution < -0.4 is 5.73 Å². The van der Waals surface area contributed by atoms with Crippen LogP contribution in [0.1, 0.15) is 45.4 Å². The Morgan fingerprint density at radius 2 is 2.11 bits per heavy atom. The van der Waals surface area contributed by atoms with E-state index in [1.165, 1.54) is 43.5 Å². The van der Waals surface area contributed by atoms with Crippen LogP contribution in [0.5, 0.6) is 0 Å². The van der Waals surface area contributed by atoms with E-state index in [1.54, 1.807) is 6.92 Å². The molecule has 148 valence electrons. The molecule has 5 rings (SSSR count). The van der Waals surface area contributed by atoms with Crippen LogP contribution >= 0.6 is 0 Å². The fourth-order valence-electron chi connectivity index (χ4n) is 6.41. The van der Waals surface area contributed by atoms with E-state index in [-0.39, 0.29) is 17.4 Å². The van der Waals surface area contributed by atoms with Crippen LogP contribution in [0.2, 0.25) is 0 Å². The minimum atomic E-state index is -0.417. The SMILES string of the molecule is C[C@H](N)C(=O)N1CC[C@]23CCN(CC4CC4)[C@H](CC4=C2CC(O)C=C4)[C@@H]3C1. The fraction of sp³-hybridized carbons (Fsp3) is 0.773. The molecule has 5 heteroatoms. The van der Waals surface area contributed by atoms with Gasteiger partial charge in [-0.05, 0) is 63.5 Å². The molecule has 1 amide bonds. The Bertz CT molecular complexity index is 696. The van der Waals surface area contributed by atoms with Gasteiger partial charge in [0.2, 0.25) is 5.91 Å². The minimum Gasteiger partial charge on any atom is -0.389 e. The minimum absolute atomic E-state index is 0.0972. The normalized spacial score (nSPS) is 39.8. The van der Waals surface area contributed by atoms with Crippen LogP contribution in [0.25, 0.3) is 0 Å². The average Bonchev–Trinajstić information content (AvgIpc) is 3.47. The molecule has 2 saturated heterocycles. The van der Waals surface area contributed by atoms with E-state index in [4.69, 9.17) is 5.73 Å². The first kappa shape index (κ1) is 17.9. The van der Waals surface area contributed by atoms with Gasteiger partial charge in [0.25, 0.3) is 0 Å². The lowest BCUT2D eigenvalue weighted by Crippen LogP contribution is -2.65. The maximum absolute atomic E-state index is 12.6. The number of carbonyl (C=O) groups excluding carboxylic acids is 1. The van der Waals surface area contributed by atoms with Gasteiger partial charge in [0.1, 0.15) is 0 Å². The molecule has 0 radical (unpaired) electrons. The number of rotatable bonds is 3. The summed E-state index contributed by atoms with van der Waals surface area (Å²) in [5.74, 6) is 1.47. The van der Waals surface area contributed by atoms with Gasteiger partial charge in [0.15, 0.2) is 0 Å². The van der Waals surface area contributed by atoms with E-state index >= 15 is 0 Å². The van der Waals surface area contributed by atoms with Gasteiger partial charge >= 0.3 is 0 Å².